The molecule has 0 bridgehead atoms. The summed E-state index contributed by atoms with van der Waals surface area (Å²) in [5.74, 6) is 1.06. The molecular weight excluding hydrogens is 278 g/mol. The van der Waals surface area contributed by atoms with E-state index >= 15 is 0 Å². The van der Waals surface area contributed by atoms with Gasteiger partial charge in [0.15, 0.2) is 0 Å². The lowest BCUT2D eigenvalue weighted by molar-refractivity contribution is 0.424. The first-order valence-electron chi connectivity index (χ1n) is 7.53. The molecule has 2 aromatic carbocycles. The molecule has 21 heavy (non-hydrogen) atoms. The maximum atomic E-state index is 6.44. The first kappa shape index (κ1) is 13.0. The highest BCUT2D eigenvalue weighted by Crippen LogP contribution is 2.51. The Labute approximate surface area is 130 Å². The van der Waals surface area contributed by atoms with E-state index in [1.807, 2.05) is 6.07 Å². The summed E-state index contributed by atoms with van der Waals surface area (Å²) in [5.41, 5.74) is 5.18. The van der Waals surface area contributed by atoms with Crippen LogP contribution in [0.15, 0.2) is 54.6 Å². The molecule has 0 radical (unpaired) electrons. The molecule has 0 spiro atoms. The first-order chi connectivity index (χ1) is 10.3. The van der Waals surface area contributed by atoms with E-state index in [1.54, 1.807) is 0 Å². The Morgan fingerprint density at radius 2 is 1.86 bits per heavy atom. The topological polar surface area (TPSA) is 12.0 Å². The van der Waals surface area contributed by atoms with Crippen LogP contribution in [0.2, 0.25) is 5.02 Å². The van der Waals surface area contributed by atoms with Crippen LogP contribution in [-0.4, -0.2) is 0 Å². The molecule has 1 aliphatic heterocycles. The Bertz CT molecular complexity index is 719. The van der Waals surface area contributed by atoms with Crippen molar-refractivity contribution in [1.29, 1.82) is 0 Å². The molecule has 1 heterocycles. The maximum absolute atomic E-state index is 6.44. The third-order valence-electron chi connectivity index (χ3n) is 4.87. The normalized spacial score (nSPS) is 26.1. The minimum absolute atomic E-state index is 0.332. The van der Waals surface area contributed by atoms with Crippen LogP contribution < -0.4 is 5.32 Å². The fourth-order valence-corrected chi connectivity index (χ4v) is 4.06. The van der Waals surface area contributed by atoms with Gasteiger partial charge < -0.3 is 5.32 Å². The standard InChI is InChI=1S/C19H18ClN/c1-12-6-2-3-7-13(12)18-15-9-4-8-14(15)16-10-5-11-17(20)19(16)21-18/h2-8,10-11,14-15,18,21H,9H2,1H3. The highest BCUT2D eigenvalue weighted by Gasteiger charge is 2.38. The molecule has 1 aliphatic carbocycles. The number of halogens is 1. The number of nitrogens with one attached hydrogen (secondary N) is 1. The van der Waals surface area contributed by atoms with Crippen molar-refractivity contribution in [2.24, 2.45) is 5.92 Å². The number of rotatable bonds is 1. The molecule has 0 saturated heterocycles. The van der Waals surface area contributed by atoms with E-state index in [4.69, 9.17) is 11.6 Å². The number of allylic oxidation sites excluding steroid dienone is 2. The summed E-state index contributed by atoms with van der Waals surface area (Å²) in [6, 6.07) is 15.2. The molecular formula is C19H18ClN. The third kappa shape index (κ3) is 1.99. The number of fused-ring (bicyclic) bond motifs is 3. The minimum Gasteiger partial charge on any atom is -0.376 e. The molecule has 2 aliphatic rings. The Balaban J connectivity index is 1.85. The summed E-state index contributed by atoms with van der Waals surface area (Å²) < 4.78 is 0. The smallest absolute Gasteiger partial charge is 0.0640 e. The highest BCUT2D eigenvalue weighted by molar-refractivity contribution is 6.33. The van der Waals surface area contributed by atoms with Crippen LogP contribution in [0.5, 0.6) is 0 Å². The number of aryl methyl sites for hydroxylation is 1. The molecule has 3 atom stereocenters. The van der Waals surface area contributed by atoms with Crippen LogP contribution in [0, 0.1) is 12.8 Å². The number of anilines is 1. The van der Waals surface area contributed by atoms with Crippen LogP contribution in [0.3, 0.4) is 0 Å². The third-order valence-corrected chi connectivity index (χ3v) is 5.18. The summed E-state index contributed by atoms with van der Waals surface area (Å²) >= 11 is 6.44. The first-order valence-corrected chi connectivity index (χ1v) is 7.90. The molecule has 0 aromatic heterocycles. The molecule has 0 saturated carbocycles. The summed E-state index contributed by atoms with van der Waals surface area (Å²) in [4.78, 5) is 0. The van der Waals surface area contributed by atoms with Gasteiger partial charge in [-0.1, -0.05) is 60.2 Å². The van der Waals surface area contributed by atoms with Crippen LogP contribution in [0.1, 0.15) is 35.1 Å². The SMILES string of the molecule is Cc1ccccc1C1Nc2c(Cl)cccc2C2C=CCC21. The molecule has 106 valence electrons. The van der Waals surface area contributed by atoms with E-state index in [2.05, 4.69) is 60.8 Å². The molecule has 2 aromatic rings. The summed E-state index contributed by atoms with van der Waals surface area (Å²) in [7, 11) is 0. The fraction of sp³-hybridized carbons (Fsp3) is 0.263. The van der Waals surface area contributed by atoms with Gasteiger partial charge in [0, 0.05) is 5.92 Å². The molecule has 1 N–H and O–H groups in total. The second-order valence-corrected chi connectivity index (χ2v) is 6.44. The van der Waals surface area contributed by atoms with E-state index < -0.39 is 0 Å². The van der Waals surface area contributed by atoms with Gasteiger partial charge in [0.2, 0.25) is 0 Å². The second-order valence-electron chi connectivity index (χ2n) is 6.04. The van der Waals surface area contributed by atoms with Crippen molar-refractivity contribution in [2.45, 2.75) is 25.3 Å². The van der Waals surface area contributed by atoms with Crippen LogP contribution in [0.4, 0.5) is 5.69 Å². The Kier molecular flexibility index (Phi) is 3.04. The fourth-order valence-electron chi connectivity index (χ4n) is 3.83. The average molecular weight is 296 g/mol. The highest BCUT2D eigenvalue weighted by atomic mass is 35.5. The Hall–Kier alpha value is -1.73. The van der Waals surface area contributed by atoms with Crippen LogP contribution >= 0.6 is 11.6 Å². The number of para-hydroxylation sites is 1. The van der Waals surface area contributed by atoms with Crippen molar-refractivity contribution in [2.75, 3.05) is 5.32 Å². The lowest BCUT2D eigenvalue weighted by Crippen LogP contribution is -2.29. The van der Waals surface area contributed by atoms with Crippen LogP contribution in [0.25, 0.3) is 0 Å². The molecule has 0 amide bonds. The van der Waals surface area contributed by atoms with E-state index in [0.717, 1.165) is 17.1 Å². The predicted molar refractivity (Wildman–Crippen MR) is 89.0 cm³/mol. The van der Waals surface area contributed by atoms with Gasteiger partial charge in [-0.25, -0.2) is 0 Å². The van der Waals surface area contributed by atoms with Gasteiger partial charge in [-0.05, 0) is 42.0 Å². The van der Waals surface area contributed by atoms with Crippen molar-refractivity contribution in [3.63, 3.8) is 0 Å². The summed E-state index contributed by atoms with van der Waals surface area (Å²) in [6.45, 7) is 2.19. The largest absolute Gasteiger partial charge is 0.376 e. The molecule has 2 heteroatoms. The lowest BCUT2D eigenvalue weighted by Gasteiger charge is -2.38. The van der Waals surface area contributed by atoms with Crippen molar-refractivity contribution in [1.82, 2.24) is 0 Å². The van der Waals surface area contributed by atoms with Gasteiger partial charge in [0.05, 0.1) is 16.8 Å². The van der Waals surface area contributed by atoms with E-state index in [1.165, 1.54) is 16.7 Å². The summed E-state index contributed by atoms with van der Waals surface area (Å²) in [6.07, 6.45) is 5.80. The average Bonchev–Trinajstić information content (AvgIpc) is 2.97. The second kappa shape index (κ2) is 4.92. The van der Waals surface area contributed by atoms with Gasteiger partial charge in [0.25, 0.3) is 0 Å². The molecule has 1 nitrogen and oxygen atoms in total. The van der Waals surface area contributed by atoms with Crippen molar-refractivity contribution >= 4 is 17.3 Å². The van der Waals surface area contributed by atoms with E-state index in [9.17, 15) is 0 Å². The molecule has 3 unspecified atom stereocenters. The van der Waals surface area contributed by atoms with Gasteiger partial charge in [-0.2, -0.15) is 0 Å². The van der Waals surface area contributed by atoms with Gasteiger partial charge in [0.1, 0.15) is 0 Å². The Morgan fingerprint density at radius 1 is 1.05 bits per heavy atom. The number of hydrogen-bond donors (Lipinski definition) is 1. The van der Waals surface area contributed by atoms with Gasteiger partial charge in [-0.15, -0.1) is 0 Å². The lowest BCUT2D eigenvalue weighted by atomic mass is 9.76. The van der Waals surface area contributed by atoms with Crippen molar-refractivity contribution < 1.29 is 0 Å². The Morgan fingerprint density at radius 3 is 2.71 bits per heavy atom. The monoisotopic (exact) mass is 295 g/mol. The zero-order valence-corrected chi connectivity index (χ0v) is 12.8. The van der Waals surface area contributed by atoms with Gasteiger partial charge >= 0.3 is 0 Å². The maximum Gasteiger partial charge on any atom is 0.0640 e. The molecule has 0 fully saturated rings. The van der Waals surface area contributed by atoms with E-state index in [-0.39, 0.29) is 0 Å². The number of hydrogen-bond acceptors (Lipinski definition) is 1. The predicted octanol–water partition coefficient (Wildman–Crippen LogP) is 5.47. The summed E-state index contributed by atoms with van der Waals surface area (Å²) in [5, 5.41) is 4.55. The molecule has 4 rings (SSSR count). The van der Waals surface area contributed by atoms with Crippen molar-refractivity contribution in [3.8, 4) is 0 Å². The number of benzene rings is 2. The zero-order valence-electron chi connectivity index (χ0n) is 12.0. The minimum atomic E-state index is 0.332. The van der Waals surface area contributed by atoms with Gasteiger partial charge in [-0.3, -0.25) is 0 Å². The van der Waals surface area contributed by atoms with Crippen LogP contribution in [-0.2, 0) is 0 Å². The zero-order chi connectivity index (χ0) is 14.4. The quantitative estimate of drug-likeness (QED) is 0.687. The van der Waals surface area contributed by atoms with E-state index in [0.29, 0.717) is 17.9 Å². The van der Waals surface area contributed by atoms with Crippen molar-refractivity contribution in [3.05, 3.63) is 76.3 Å².